The maximum atomic E-state index is 10.4. The topological polar surface area (TPSA) is 32.7 Å². The van der Waals surface area contributed by atoms with Gasteiger partial charge in [-0.1, -0.05) is 39.0 Å². The van der Waals surface area contributed by atoms with Gasteiger partial charge in [0.15, 0.2) is 0 Å². The van der Waals surface area contributed by atoms with Crippen LogP contribution in [0.25, 0.3) is 0 Å². The van der Waals surface area contributed by atoms with E-state index in [9.17, 15) is 5.11 Å². The maximum Gasteiger partial charge on any atom is 0.122 e. The summed E-state index contributed by atoms with van der Waals surface area (Å²) in [5.41, 5.74) is 2.11. The SMILES string of the molecule is CC(C)(C)c1cccc(CCCN2CCOCC2)c1O. The number of hydrogen-bond acceptors (Lipinski definition) is 3. The van der Waals surface area contributed by atoms with Crippen molar-refractivity contribution in [3.8, 4) is 5.75 Å². The quantitative estimate of drug-likeness (QED) is 0.918. The van der Waals surface area contributed by atoms with Crippen LogP contribution in [0.1, 0.15) is 38.3 Å². The highest BCUT2D eigenvalue weighted by Gasteiger charge is 2.19. The van der Waals surface area contributed by atoms with Gasteiger partial charge >= 0.3 is 0 Å². The van der Waals surface area contributed by atoms with Crippen LogP contribution < -0.4 is 0 Å². The van der Waals surface area contributed by atoms with E-state index in [1.54, 1.807) is 0 Å². The summed E-state index contributed by atoms with van der Waals surface area (Å²) in [4.78, 5) is 2.44. The number of rotatable bonds is 4. The van der Waals surface area contributed by atoms with Crippen molar-refractivity contribution in [2.75, 3.05) is 32.8 Å². The molecule has 0 aromatic heterocycles. The average Bonchev–Trinajstić information content (AvgIpc) is 2.40. The first-order valence-electron chi connectivity index (χ1n) is 7.60. The minimum atomic E-state index is -0.00962. The third-order valence-electron chi connectivity index (χ3n) is 3.95. The number of para-hydroxylation sites is 1. The summed E-state index contributed by atoms with van der Waals surface area (Å²) < 4.78 is 5.35. The Bertz CT molecular complexity index is 431. The molecule has 0 amide bonds. The predicted molar refractivity (Wildman–Crippen MR) is 82.4 cm³/mol. The summed E-state index contributed by atoms with van der Waals surface area (Å²) in [6.45, 7) is 11.3. The minimum absolute atomic E-state index is 0.00962. The molecule has 1 saturated heterocycles. The summed E-state index contributed by atoms with van der Waals surface area (Å²) in [6, 6.07) is 6.13. The van der Waals surface area contributed by atoms with E-state index >= 15 is 0 Å². The third kappa shape index (κ3) is 3.97. The molecule has 3 heteroatoms. The predicted octanol–water partition coefficient (Wildman–Crippen LogP) is 2.95. The van der Waals surface area contributed by atoms with Gasteiger partial charge in [-0.2, -0.15) is 0 Å². The van der Waals surface area contributed by atoms with E-state index in [4.69, 9.17) is 4.74 Å². The monoisotopic (exact) mass is 277 g/mol. The lowest BCUT2D eigenvalue weighted by Gasteiger charge is -2.26. The van der Waals surface area contributed by atoms with Gasteiger partial charge in [-0.25, -0.2) is 0 Å². The fourth-order valence-electron chi connectivity index (χ4n) is 2.72. The number of phenols is 1. The summed E-state index contributed by atoms with van der Waals surface area (Å²) in [6.07, 6.45) is 2.02. The molecule has 1 aromatic carbocycles. The first-order valence-corrected chi connectivity index (χ1v) is 7.60. The highest BCUT2D eigenvalue weighted by atomic mass is 16.5. The Labute approximate surface area is 122 Å². The first kappa shape index (κ1) is 15.3. The van der Waals surface area contributed by atoms with Gasteiger partial charge in [-0.05, 0) is 35.9 Å². The van der Waals surface area contributed by atoms with E-state index in [0.29, 0.717) is 5.75 Å². The molecule has 20 heavy (non-hydrogen) atoms. The molecule has 0 radical (unpaired) electrons. The third-order valence-corrected chi connectivity index (χ3v) is 3.95. The molecule has 0 saturated carbocycles. The van der Waals surface area contributed by atoms with Crippen LogP contribution >= 0.6 is 0 Å². The Morgan fingerprint density at radius 3 is 2.55 bits per heavy atom. The van der Waals surface area contributed by atoms with Crippen molar-refractivity contribution in [1.82, 2.24) is 4.90 Å². The van der Waals surface area contributed by atoms with Crippen LogP contribution in [0.5, 0.6) is 5.75 Å². The van der Waals surface area contributed by atoms with Crippen LogP contribution in [0, 0.1) is 0 Å². The number of aryl methyl sites for hydroxylation is 1. The van der Waals surface area contributed by atoms with Crippen molar-refractivity contribution in [1.29, 1.82) is 0 Å². The van der Waals surface area contributed by atoms with Crippen molar-refractivity contribution >= 4 is 0 Å². The van der Waals surface area contributed by atoms with Crippen LogP contribution in [0.2, 0.25) is 0 Å². The zero-order valence-corrected chi connectivity index (χ0v) is 13.0. The van der Waals surface area contributed by atoms with Gasteiger partial charge in [0.25, 0.3) is 0 Å². The number of ether oxygens (including phenoxy) is 1. The second-order valence-electron chi connectivity index (χ2n) is 6.62. The Kier molecular flexibility index (Phi) is 5.06. The summed E-state index contributed by atoms with van der Waals surface area (Å²) in [7, 11) is 0. The number of aromatic hydroxyl groups is 1. The molecular formula is C17H27NO2. The fourth-order valence-corrected chi connectivity index (χ4v) is 2.72. The second-order valence-corrected chi connectivity index (χ2v) is 6.62. The van der Waals surface area contributed by atoms with Crippen LogP contribution in [0.4, 0.5) is 0 Å². The number of benzene rings is 1. The van der Waals surface area contributed by atoms with Crippen molar-refractivity contribution in [3.05, 3.63) is 29.3 Å². The van der Waals surface area contributed by atoms with Crippen molar-refractivity contribution in [2.45, 2.75) is 39.0 Å². The highest BCUT2D eigenvalue weighted by molar-refractivity contribution is 5.44. The number of morpholine rings is 1. The van der Waals surface area contributed by atoms with Gasteiger partial charge in [0.1, 0.15) is 5.75 Å². The Morgan fingerprint density at radius 2 is 1.90 bits per heavy atom. The molecule has 1 heterocycles. The van der Waals surface area contributed by atoms with E-state index < -0.39 is 0 Å². The highest BCUT2D eigenvalue weighted by Crippen LogP contribution is 2.33. The molecule has 0 unspecified atom stereocenters. The lowest BCUT2D eigenvalue weighted by molar-refractivity contribution is 0.0374. The van der Waals surface area contributed by atoms with Crippen LogP contribution in [0.15, 0.2) is 18.2 Å². The average molecular weight is 277 g/mol. The van der Waals surface area contributed by atoms with E-state index in [1.165, 1.54) is 0 Å². The van der Waals surface area contributed by atoms with Gasteiger partial charge in [0, 0.05) is 13.1 Å². The van der Waals surface area contributed by atoms with Crippen LogP contribution in [-0.2, 0) is 16.6 Å². The molecule has 1 aromatic rings. The Balaban J connectivity index is 1.92. The van der Waals surface area contributed by atoms with E-state index in [-0.39, 0.29) is 5.41 Å². The van der Waals surface area contributed by atoms with Gasteiger partial charge < -0.3 is 9.84 Å². The smallest absolute Gasteiger partial charge is 0.122 e. The molecule has 1 aliphatic heterocycles. The van der Waals surface area contributed by atoms with Gasteiger partial charge in [0.05, 0.1) is 13.2 Å². The van der Waals surface area contributed by atoms with Gasteiger partial charge in [0.2, 0.25) is 0 Å². The molecule has 3 nitrogen and oxygen atoms in total. The standard InChI is InChI=1S/C17H27NO2/c1-17(2,3)15-8-4-6-14(16(15)19)7-5-9-18-10-12-20-13-11-18/h4,6,8,19H,5,7,9-13H2,1-3H3. The number of hydrogen-bond donors (Lipinski definition) is 1. The Morgan fingerprint density at radius 1 is 1.20 bits per heavy atom. The molecule has 0 atom stereocenters. The summed E-state index contributed by atoms with van der Waals surface area (Å²) in [5, 5.41) is 10.4. The molecule has 2 rings (SSSR count). The maximum absolute atomic E-state index is 10.4. The molecule has 0 aliphatic carbocycles. The van der Waals surface area contributed by atoms with Gasteiger partial charge in [-0.3, -0.25) is 4.90 Å². The van der Waals surface area contributed by atoms with Crippen LogP contribution in [-0.4, -0.2) is 42.9 Å². The second kappa shape index (κ2) is 6.59. The zero-order chi connectivity index (χ0) is 14.6. The minimum Gasteiger partial charge on any atom is -0.507 e. The van der Waals surface area contributed by atoms with E-state index in [0.717, 1.165) is 56.8 Å². The number of nitrogens with zero attached hydrogens (tertiary/aromatic N) is 1. The first-order chi connectivity index (χ1) is 9.48. The van der Waals surface area contributed by atoms with Crippen molar-refractivity contribution in [2.24, 2.45) is 0 Å². The van der Waals surface area contributed by atoms with E-state index in [2.05, 4.69) is 31.7 Å². The fraction of sp³-hybridized carbons (Fsp3) is 0.647. The molecule has 1 aliphatic rings. The largest absolute Gasteiger partial charge is 0.507 e. The molecule has 0 spiro atoms. The lowest BCUT2D eigenvalue weighted by atomic mass is 9.85. The lowest BCUT2D eigenvalue weighted by Crippen LogP contribution is -2.36. The Hall–Kier alpha value is -1.06. The van der Waals surface area contributed by atoms with Crippen molar-refractivity contribution in [3.63, 3.8) is 0 Å². The van der Waals surface area contributed by atoms with Gasteiger partial charge in [-0.15, -0.1) is 0 Å². The van der Waals surface area contributed by atoms with Crippen molar-refractivity contribution < 1.29 is 9.84 Å². The summed E-state index contributed by atoms with van der Waals surface area (Å²) in [5.74, 6) is 0.488. The zero-order valence-electron chi connectivity index (χ0n) is 13.0. The van der Waals surface area contributed by atoms with E-state index in [1.807, 2.05) is 12.1 Å². The molecule has 1 N–H and O–H groups in total. The molecule has 1 fully saturated rings. The molecular weight excluding hydrogens is 250 g/mol. The molecule has 0 bridgehead atoms. The molecule has 112 valence electrons. The normalized spacial score (nSPS) is 17.4. The van der Waals surface area contributed by atoms with Crippen LogP contribution in [0.3, 0.4) is 0 Å². The summed E-state index contributed by atoms with van der Waals surface area (Å²) >= 11 is 0. The number of phenolic OH excluding ortho intramolecular Hbond substituents is 1.